The summed E-state index contributed by atoms with van der Waals surface area (Å²) in [5.41, 5.74) is -2.49. The van der Waals surface area contributed by atoms with Crippen LogP contribution in [0.3, 0.4) is 0 Å². The van der Waals surface area contributed by atoms with Gasteiger partial charge in [0.05, 0.1) is 25.4 Å². The zero-order valence-corrected chi connectivity index (χ0v) is 22.0. The van der Waals surface area contributed by atoms with Gasteiger partial charge in [0.15, 0.2) is 12.2 Å². The standard InChI is InChI=1S/C24H27F5N6O4S/c1-24(38)12-20(34(14-24)15-30)23(37)35(17-2-4-18(5-3-17)40(25,26,27,28)29)21(19-13-31-8-9-32-19)22(36)33-16-6-10-39-11-7-16/h2-5,8-9,13,16,20-21,38H,6-7,10-12,14H2,1H3,(H,33,36)/i21D. The van der Waals surface area contributed by atoms with E-state index >= 15 is 0 Å². The van der Waals surface area contributed by atoms with Gasteiger partial charge in [-0.2, -0.15) is 5.26 Å². The number of likely N-dealkylation sites (tertiary alicyclic amines) is 1. The smallest absolute Gasteiger partial charge is 0.310 e. The topological polar surface area (TPSA) is 132 Å². The van der Waals surface area contributed by atoms with E-state index in [0.29, 0.717) is 43.1 Å². The molecule has 2 aliphatic rings. The zero-order valence-electron chi connectivity index (χ0n) is 22.1. The van der Waals surface area contributed by atoms with Crippen LogP contribution in [0.2, 0.25) is 0 Å². The Hall–Kier alpha value is -3.55. The summed E-state index contributed by atoms with van der Waals surface area (Å²) in [7, 11) is -10.1. The lowest BCUT2D eigenvalue weighted by Gasteiger charge is -2.41. The molecule has 2 aliphatic heterocycles. The quantitative estimate of drug-likeness (QED) is 0.367. The van der Waals surface area contributed by atoms with Gasteiger partial charge >= 0.3 is 10.2 Å². The number of ether oxygens (including phenoxy) is 1. The molecule has 2 aromatic rings. The number of benzene rings is 1. The monoisotopic (exact) mass is 591 g/mol. The van der Waals surface area contributed by atoms with E-state index in [9.17, 15) is 40.8 Å². The van der Waals surface area contributed by atoms with Crippen molar-refractivity contribution in [1.29, 1.82) is 5.26 Å². The fourth-order valence-corrected chi connectivity index (χ4v) is 5.26. The molecule has 16 heteroatoms. The highest BCUT2D eigenvalue weighted by molar-refractivity contribution is 8.45. The normalized spacial score (nSPS) is 25.5. The van der Waals surface area contributed by atoms with Crippen LogP contribution >= 0.6 is 10.2 Å². The van der Waals surface area contributed by atoms with Gasteiger partial charge in [-0.25, -0.2) is 0 Å². The number of hydrogen-bond donors (Lipinski definition) is 2. The number of nitrogens with zero attached hydrogens (tertiary/aromatic N) is 5. The number of anilines is 1. The number of carbonyl (C=O) groups is 2. The Morgan fingerprint density at radius 2 is 1.90 bits per heavy atom. The number of rotatable bonds is 7. The molecule has 4 rings (SSSR count). The van der Waals surface area contributed by atoms with Crippen LogP contribution in [0.25, 0.3) is 0 Å². The molecule has 0 saturated carbocycles. The predicted molar refractivity (Wildman–Crippen MR) is 133 cm³/mol. The van der Waals surface area contributed by atoms with Crippen molar-refractivity contribution in [2.45, 2.75) is 54.8 Å². The van der Waals surface area contributed by atoms with Gasteiger partial charge in [0.1, 0.15) is 10.9 Å². The first-order chi connectivity index (χ1) is 18.9. The van der Waals surface area contributed by atoms with Crippen molar-refractivity contribution in [1.82, 2.24) is 20.2 Å². The minimum Gasteiger partial charge on any atom is -0.388 e. The third-order valence-electron chi connectivity index (χ3n) is 6.50. The van der Waals surface area contributed by atoms with Crippen molar-refractivity contribution in [2.75, 3.05) is 24.7 Å². The Bertz CT molecular complexity index is 1360. The third-order valence-corrected chi connectivity index (χ3v) is 7.66. The summed E-state index contributed by atoms with van der Waals surface area (Å²) < 4.78 is 82.0. The second-order valence-electron chi connectivity index (χ2n) is 9.88. The van der Waals surface area contributed by atoms with Gasteiger partial charge in [-0.3, -0.25) is 29.4 Å². The van der Waals surface area contributed by atoms with Crippen LogP contribution in [0.5, 0.6) is 0 Å². The van der Waals surface area contributed by atoms with Crippen LogP contribution < -0.4 is 10.2 Å². The summed E-state index contributed by atoms with van der Waals surface area (Å²) in [5.74, 6) is -2.24. The van der Waals surface area contributed by atoms with E-state index in [4.69, 9.17) is 4.74 Å². The molecule has 10 nitrogen and oxygen atoms in total. The largest absolute Gasteiger partial charge is 0.388 e. The minimum absolute atomic E-state index is 0.0531. The van der Waals surface area contributed by atoms with Gasteiger partial charge in [0.2, 0.25) is 5.91 Å². The first-order valence-corrected chi connectivity index (χ1v) is 14.0. The average Bonchev–Trinajstić information content (AvgIpc) is 3.23. The van der Waals surface area contributed by atoms with Gasteiger partial charge in [0, 0.05) is 43.8 Å². The van der Waals surface area contributed by atoms with E-state index in [-0.39, 0.29) is 25.1 Å². The maximum atomic E-state index is 14.1. The molecule has 2 saturated heterocycles. The van der Waals surface area contributed by atoms with E-state index < -0.39 is 62.0 Å². The molecule has 2 fully saturated rings. The molecule has 1 aromatic carbocycles. The van der Waals surface area contributed by atoms with E-state index in [1.165, 1.54) is 13.1 Å². The third kappa shape index (κ3) is 6.60. The molecule has 0 bridgehead atoms. The fourth-order valence-electron chi connectivity index (χ4n) is 4.61. The number of halogens is 5. The summed E-state index contributed by atoms with van der Waals surface area (Å²) >= 11 is 0. The van der Waals surface area contributed by atoms with E-state index in [1.807, 2.05) is 0 Å². The first-order valence-electron chi connectivity index (χ1n) is 12.6. The number of hydrogen-bond acceptors (Lipinski definition) is 8. The summed E-state index contributed by atoms with van der Waals surface area (Å²) in [6.45, 7) is 1.66. The summed E-state index contributed by atoms with van der Waals surface area (Å²) in [6.07, 6.45) is 5.51. The first kappa shape index (κ1) is 28.0. The molecule has 2 N–H and O–H groups in total. The number of nitriles is 1. The SMILES string of the molecule is [2H]C(C(=O)NC1CCOCC1)(c1cnccn1)N(C(=O)C1CC(C)(O)CN1C#N)c1ccc(S(F)(F)(F)(F)F)cc1. The van der Waals surface area contributed by atoms with Crippen molar-refractivity contribution in [3.63, 3.8) is 0 Å². The van der Waals surface area contributed by atoms with Crippen molar-refractivity contribution < 1.29 is 40.2 Å². The molecule has 3 unspecified atom stereocenters. The molecular weight excluding hydrogens is 563 g/mol. The highest BCUT2D eigenvalue weighted by atomic mass is 32.5. The Kier molecular flexibility index (Phi) is 6.87. The predicted octanol–water partition coefficient (Wildman–Crippen LogP) is 3.81. The van der Waals surface area contributed by atoms with Gasteiger partial charge in [0.25, 0.3) is 5.91 Å². The summed E-state index contributed by atoms with van der Waals surface area (Å²) in [4.78, 5) is 35.0. The lowest BCUT2D eigenvalue weighted by molar-refractivity contribution is -0.129. The van der Waals surface area contributed by atoms with Crippen LogP contribution in [-0.4, -0.2) is 69.2 Å². The molecule has 218 valence electrons. The van der Waals surface area contributed by atoms with Crippen LogP contribution in [0.4, 0.5) is 25.1 Å². The Balaban J connectivity index is 1.89. The van der Waals surface area contributed by atoms with Gasteiger partial charge < -0.3 is 15.2 Å². The molecule has 0 spiro atoms. The zero-order chi connectivity index (χ0) is 30.3. The molecule has 40 heavy (non-hydrogen) atoms. The second kappa shape index (κ2) is 9.82. The maximum absolute atomic E-state index is 14.1. The number of aromatic nitrogens is 2. The minimum atomic E-state index is -10.1. The molecule has 2 amide bonds. The van der Waals surface area contributed by atoms with Crippen molar-refractivity contribution in [2.24, 2.45) is 0 Å². The van der Waals surface area contributed by atoms with Crippen LogP contribution in [0.15, 0.2) is 47.8 Å². The highest BCUT2D eigenvalue weighted by Crippen LogP contribution is 3.02. The number of nitrogens with one attached hydrogen (secondary N) is 1. The maximum Gasteiger partial charge on any atom is 0.310 e. The highest BCUT2D eigenvalue weighted by Gasteiger charge is 2.65. The molecule has 0 radical (unpaired) electrons. The van der Waals surface area contributed by atoms with Crippen LogP contribution in [0.1, 0.15) is 39.3 Å². The van der Waals surface area contributed by atoms with Gasteiger partial charge in [-0.05, 0) is 44.0 Å². The second-order valence-corrected chi connectivity index (χ2v) is 12.3. The Morgan fingerprint density at radius 3 is 2.45 bits per heavy atom. The van der Waals surface area contributed by atoms with Gasteiger partial charge in [-0.1, -0.05) is 19.4 Å². The average molecular weight is 592 g/mol. The number of amides is 2. The number of aliphatic hydroxyl groups is 1. The summed E-state index contributed by atoms with van der Waals surface area (Å²) in [5, 5.41) is 22.8. The van der Waals surface area contributed by atoms with Gasteiger partial charge in [-0.15, -0.1) is 0 Å². The number of carbonyl (C=O) groups excluding carboxylic acids is 2. The fraction of sp³-hybridized carbons (Fsp3) is 0.458. The van der Waals surface area contributed by atoms with E-state index in [1.54, 1.807) is 6.19 Å². The molecule has 3 heterocycles. The number of β-amino-alcohol motifs (C(OH)–C–C–N with tert-alkyl or cyclic N) is 1. The van der Waals surface area contributed by atoms with Crippen molar-refractivity contribution >= 4 is 27.7 Å². The molecular formula is C24H27F5N6O4S. The van der Waals surface area contributed by atoms with E-state index in [2.05, 4.69) is 15.3 Å². The Morgan fingerprint density at radius 1 is 1.25 bits per heavy atom. The lowest BCUT2D eigenvalue weighted by Crippen LogP contribution is -2.52. The van der Waals surface area contributed by atoms with Crippen molar-refractivity contribution in [3.05, 3.63) is 48.5 Å². The lowest BCUT2D eigenvalue weighted by atomic mass is 10.0. The van der Waals surface area contributed by atoms with Crippen LogP contribution in [0, 0.1) is 11.5 Å². The van der Waals surface area contributed by atoms with Crippen LogP contribution in [-0.2, 0) is 14.3 Å². The molecule has 1 aromatic heterocycles. The molecule has 3 atom stereocenters. The molecule has 0 aliphatic carbocycles. The Labute approximate surface area is 227 Å². The summed E-state index contributed by atoms with van der Waals surface area (Å²) in [6, 6.07) is -3.60. The van der Waals surface area contributed by atoms with E-state index in [0.717, 1.165) is 17.3 Å². The van der Waals surface area contributed by atoms with Crippen molar-refractivity contribution in [3.8, 4) is 6.19 Å².